The molecule has 0 fully saturated rings. The van der Waals surface area contributed by atoms with E-state index in [9.17, 15) is 4.79 Å². The predicted molar refractivity (Wildman–Crippen MR) is 123 cm³/mol. The number of hydrogen-bond donors (Lipinski definition) is 1. The van der Waals surface area contributed by atoms with Crippen LogP contribution in [0.2, 0.25) is 0 Å². The molecule has 152 valence electrons. The predicted octanol–water partition coefficient (Wildman–Crippen LogP) is 5.29. The summed E-state index contributed by atoms with van der Waals surface area (Å²) in [5.74, 6) is 0.713. The van der Waals surface area contributed by atoms with Crippen molar-refractivity contribution in [3.8, 4) is 0 Å². The molecule has 5 nitrogen and oxygen atoms in total. The Kier molecular flexibility index (Phi) is 5.86. The number of aromatic nitrogens is 3. The van der Waals surface area contributed by atoms with Gasteiger partial charge in [-0.3, -0.25) is 9.78 Å². The van der Waals surface area contributed by atoms with Crippen LogP contribution >= 0.6 is 11.8 Å². The summed E-state index contributed by atoms with van der Waals surface area (Å²) in [4.78, 5) is 21.8. The van der Waals surface area contributed by atoms with E-state index in [1.807, 2.05) is 48.7 Å². The second kappa shape index (κ2) is 8.71. The van der Waals surface area contributed by atoms with Crippen LogP contribution in [-0.4, -0.2) is 20.4 Å². The summed E-state index contributed by atoms with van der Waals surface area (Å²) in [6.07, 6.45) is 3.50. The number of anilines is 1. The molecule has 1 amide bonds. The van der Waals surface area contributed by atoms with Crippen LogP contribution < -0.4 is 5.32 Å². The van der Waals surface area contributed by atoms with Crippen LogP contribution in [0, 0.1) is 20.8 Å². The van der Waals surface area contributed by atoms with Gasteiger partial charge in [-0.15, -0.1) is 0 Å². The number of imidazole rings is 1. The van der Waals surface area contributed by atoms with Gasteiger partial charge in [-0.1, -0.05) is 53.7 Å². The van der Waals surface area contributed by atoms with Crippen LogP contribution in [0.1, 0.15) is 22.3 Å². The molecule has 0 atom stereocenters. The van der Waals surface area contributed by atoms with Crippen LogP contribution in [0.15, 0.2) is 66.1 Å². The number of carbonyl (C=O) groups is 1. The first kappa shape index (κ1) is 20.2. The number of nitrogens with one attached hydrogen (secondary N) is 1. The summed E-state index contributed by atoms with van der Waals surface area (Å²) in [6, 6.07) is 16.2. The van der Waals surface area contributed by atoms with Crippen LogP contribution in [0.25, 0.3) is 11.0 Å². The highest BCUT2D eigenvalue weighted by Crippen LogP contribution is 2.27. The second-order valence-corrected chi connectivity index (χ2v) is 8.37. The Morgan fingerprint density at radius 2 is 1.90 bits per heavy atom. The fourth-order valence-electron chi connectivity index (χ4n) is 3.41. The van der Waals surface area contributed by atoms with Crippen molar-refractivity contribution in [3.05, 3.63) is 83.2 Å². The highest BCUT2D eigenvalue weighted by Gasteiger charge is 2.15. The van der Waals surface area contributed by atoms with Gasteiger partial charge in [0.05, 0.1) is 17.2 Å². The minimum Gasteiger partial charge on any atom is -0.324 e. The fourth-order valence-corrected chi connectivity index (χ4v) is 4.50. The first-order chi connectivity index (χ1) is 14.5. The van der Waals surface area contributed by atoms with Gasteiger partial charge in [-0.05, 0) is 49.6 Å². The van der Waals surface area contributed by atoms with Gasteiger partial charge in [0.2, 0.25) is 5.91 Å². The van der Waals surface area contributed by atoms with Crippen molar-refractivity contribution < 1.29 is 4.79 Å². The summed E-state index contributed by atoms with van der Waals surface area (Å²) >= 11 is 1.64. The molecular formula is C24H24N4OS. The molecule has 0 saturated heterocycles. The molecule has 0 aliphatic heterocycles. The van der Waals surface area contributed by atoms with Gasteiger partial charge in [-0.25, -0.2) is 4.98 Å². The summed E-state index contributed by atoms with van der Waals surface area (Å²) in [6.45, 7) is 6.34. The number of benzene rings is 2. The molecule has 2 aromatic carbocycles. The van der Waals surface area contributed by atoms with Gasteiger partial charge < -0.3 is 9.88 Å². The third-order valence-electron chi connectivity index (χ3n) is 5.09. The molecule has 30 heavy (non-hydrogen) atoms. The van der Waals surface area contributed by atoms with Gasteiger partial charge >= 0.3 is 0 Å². The lowest BCUT2D eigenvalue weighted by Crippen LogP contribution is -2.19. The lowest BCUT2D eigenvalue weighted by Gasteiger charge is -2.12. The number of carbonyl (C=O) groups excluding carboxylic acids is 1. The smallest absolute Gasteiger partial charge is 0.244 e. The monoisotopic (exact) mass is 416 g/mol. The Bertz CT molecular complexity index is 1220. The Labute approximate surface area is 180 Å². The molecule has 2 heterocycles. The van der Waals surface area contributed by atoms with Crippen molar-refractivity contribution in [1.82, 2.24) is 14.5 Å². The molecule has 4 rings (SSSR count). The minimum atomic E-state index is -0.0807. The molecule has 0 bridgehead atoms. The number of fused-ring (bicyclic) bond motifs is 1. The molecule has 0 aliphatic carbocycles. The zero-order valence-electron chi connectivity index (χ0n) is 17.3. The Hall–Kier alpha value is -3.12. The minimum absolute atomic E-state index is 0.0807. The van der Waals surface area contributed by atoms with Gasteiger partial charge in [-0.2, -0.15) is 0 Å². The first-order valence-electron chi connectivity index (χ1n) is 9.86. The Morgan fingerprint density at radius 3 is 2.70 bits per heavy atom. The number of aryl methyl sites for hydroxylation is 3. The molecule has 0 radical (unpaired) electrons. The van der Waals surface area contributed by atoms with Crippen molar-refractivity contribution in [2.24, 2.45) is 0 Å². The van der Waals surface area contributed by atoms with E-state index in [1.54, 1.807) is 24.2 Å². The topological polar surface area (TPSA) is 59.8 Å². The zero-order chi connectivity index (χ0) is 21.1. The molecule has 0 saturated carbocycles. The van der Waals surface area contributed by atoms with E-state index in [0.29, 0.717) is 0 Å². The number of rotatable bonds is 6. The Morgan fingerprint density at radius 1 is 1.07 bits per heavy atom. The number of hydrogen-bond acceptors (Lipinski definition) is 4. The van der Waals surface area contributed by atoms with E-state index in [0.717, 1.165) is 33.2 Å². The number of nitrogens with zero attached hydrogens (tertiary/aromatic N) is 3. The SMILES string of the molecule is Cc1ccc(NC(=O)Cn2c(SCc3ccccc3C)nc3ccncc32)c(C)c1. The van der Waals surface area contributed by atoms with Gasteiger partial charge in [0.15, 0.2) is 5.16 Å². The van der Waals surface area contributed by atoms with Crippen molar-refractivity contribution in [2.75, 3.05) is 5.32 Å². The fraction of sp³-hybridized carbons (Fsp3) is 0.208. The van der Waals surface area contributed by atoms with Crippen LogP contribution in [0.3, 0.4) is 0 Å². The number of amides is 1. The highest BCUT2D eigenvalue weighted by atomic mass is 32.2. The molecule has 0 spiro atoms. The van der Waals surface area contributed by atoms with Crippen molar-refractivity contribution in [2.45, 2.75) is 38.2 Å². The maximum atomic E-state index is 12.9. The molecule has 0 aliphatic rings. The summed E-state index contributed by atoms with van der Waals surface area (Å²) in [5.41, 5.74) is 7.28. The standard InChI is InChI=1S/C24H24N4OS/c1-16-8-9-20(18(3)12-16)26-23(29)14-28-22-13-25-11-10-21(22)27-24(28)30-15-19-7-5-4-6-17(19)2/h4-13H,14-15H2,1-3H3,(H,26,29). The summed E-state index contributed by atoms with van der Waals surface area (Å²) in [7, 11) is 0. The molecule has 2 aromatic heterocycles. The van der Waals surface area contributed by atoms with Crippen molar-refractivity contribution in [1.29, 1.82) is 0 Å². The van der Waals surface area contributed by atoms with Gasteiger partial charge in [0, 0.05) is 17.6 Å². The third-order valence-corrected chi connectivity index (χ3v) is 6.12. The largest absolute Gasteiger partial charge is 0.324 e. The quantitative estimate of drug-likeness (QED) is 0.434. The first-order valence-corrected chi connectivity index (χ1v) is 10.8. The maximum Gasteiger partial charge on any atom is 0.244 e. The summed E-state index contributed by atoms with van der Waals surface area (Å²) < 4.78 is 1.95. The number of thioether (sulfide) groups is 1. The average Bonchev–Trinajstić information content (AvgIpc) is 3.07. The molecule has 0 unspecified atom stereocenters. The van der Waals surface area contributed by atoms with E-state index in [-0.39, 0.29) is 12.5 Å². The molecule has 6 heteroatoms. The van der Waals surface area contributed by atoms with E-state index in [4.69, 9.17) is 4.98 Å². The van der Waals surface area contributed by atoms with Crippen molar-refractivity contribution >= 4 is 34.4 Å². The van der Waals surface area contributed by atoms with E-state index >= 15 is 0 Å². The Balaban J connectivity index is 1.58. The molecule has 1 N–H and O–H groups in total. The van der Waals surface area contributed by atoms with E-state index in [1.165, 1.54) is 16.7 Å². The lowest BCUT2D eigenvalue weighted by atomic mass is 10.1. The normalized spacial score (nSPS) is 11.0. The van der Waals surface area contributed by atoms with E-state index in [2.05, 4.69) is 35.4 Å². The van der Waals surface area contributed by atoms with Gasteiger partial charge in [0.25, 0.3) is 0 Å². The molecule has 4 aromatic rings. The highest BCUT2D eigenvalue weighted by molar-refractivity contribution is 7.98. The number of pyridine rings is 1. The van der Waals surface area contributed by atoms with Crippen LogP contribution in [0.4, 0.5) is 5.69 Å². The third kappa shape index (κ3) is 4.39. The van der Waals surface area contributed by atoms with Gasteiger partial charge in [0.1, 0.15) is 6.54 Å². The average molecular weight is 417 g/mol. The van der Waals surface area contributed by atoms with Crippen molar-refractivity contribution in [3.63, 3.8) is 0 Å². The maximum absolute atomic E-state index is 12.9. The molecular weight excluding hydrogens is 392 g/mol. The van der Waals surface area contributed by atoms with E-state index < -0.39 is 0 Å². The van der Waals surface area contributed by atoms with Crippen LogP contribution in [0.5, 0.6) is 0 Å². The lowest BCUT2D eigenvalue weighted by molar-refractivity contribution is -0.116. The van der Waals surface area contributed by atoms with Crippen LogP contribution in [-0.2, 0) is 17.1 Å². The summed E-state index contributed by atoms with van der Waals surface area (Å²) in [5, 5.41) is 3.85. The zero-order valence-corrected chi connectivity index (χ0v) is 18.2. The second-order valence-electron chi connectivity index (χ2n) is 7.43.